The van der Waals surface area contributed by atoms with Gasteiger partial charge < -0.3 is 10.1 Å². The molecule has 0 bridgehead atoms. The van der Waals surface area contributed by atoms with E-state index in [1.165, 1.54) is 4.90 Å². The summed E-state index contributed by atoms with van der Waals surface area (Å²) in [6, 6.07) is 12.5. The van der Waals surface area contributed by atoms with Crippen LogP contribution in [-0.2, 0) is 14.3 Å². The fourth-order valence-corrected chi connectivity index (χ4v) is 3.62. The predicted molar refractivity (Wildman–Crippen MR) is 116 cm³/mol. The Hall–Kier alpha value is -3.48. The lowest BCUT2D eigenvalue weighted by molar-refractivity contribution is -0.147. The van der Waals surface area contributed by atoms with Crippen LogP contribution in [0.1, 0.15) is 57.5 Å². The predicted octanol–water partition coefficient (Wildman–Crippen LogP) is 3.64. The van der Waals surface area contributed by atoms with E-state index in [1.54, 1.807) is 24.3 Å². The molecular formula is C24H26N2O5. The van der Waals surface area contributed by atoms with Gasteiger partial charge in [-0.2, -0.15) is 0 Å². The van der Waals surface area contributed by atoms with Crippen LogP contribution in [0.15, 0.2) is 42.5 Å². The van der Waals surface area contributed by atoms with Crippen molar-refractivity contribution in [1.82, 2.24) is 4.90 Å². The number of imide groups is 1. The number of unbranched alkanes of at least 4 members (excludes halogenated alkanes) is 2. The van der Waals surface area contributed by atoms with E-state index in [0.717, 1.165) is 11.1 Å². The number of ether oxygens (including phenoxy) is 1. The molecule has 1 aliphatic heterocycles. The maximum absolute atomic E-state index is 12.3. The summed E-state index contributed by atoms with van der Waals surface area (Å²) in [4.78, 5) is 49.6. The van der Waals surface area contributed by atoms with Crippen molar-refractivity contribution >= 4 is 29.4 Å². The van der Waals surface area contributed by atoms with Crippen molar-refractivity contribution in [3.05, 3.63) is 64.7 Å². The molecule has 7 nitrogen and oxygen atoms in total. The van der Waals surface area contributed by atoms with Gasteiger partial charge in [0.15, 0.2) is 6.61 Å². The van der Waals surface area contributed by atoms with Gasteiger partial charge in [0.2, 0.25) is 0 Å². The molecule has 1 heterocycles. The first-order valence-electron chi connectivity index (χ1n) is 10.3. The monoisotopic (exact) mass is 422 g/mol. The van der Waals surface area contributed by atoms with Crippen LogP contribution in [0.2, 0.25) is 0 Å². The molecule has 2 aromatic carbocycles. The first-order chi connectivity index (χ1) is 14.8. The number of carbonyl (C=O) groups excluding carboxylic acids is 4. The van der Waals surface area contributed by atoms with Crippen molar-refractivity contribution in [2.24, 2.45) is 0 Å². The van der Waals surface area contributed by atoms with E-state index in [-0.39, 0.29) is 30.7 Å². The van der Waals surface area contributed by atoms with Crippen molar-refractivity contribution in [3.63, 3.8) is 0 Å². The second-order valence-electron chi connectivity index (χ2n) is 7.70. The number of nitrogens with zero attached hydrogens (tertiary/aromatic N) is 1. The summed E-state index contributed by atoms with van der Waals surface area (Å²) >= 11 is 0. The number of fused-ring (bicyclic) bond motifs is 1. The van der Waals surface area contributed by atoms with Crippen LogP contribution in [0.4, 0.5) is 5.69 Å². The van der Waals surface area contributed by atoms with E-state index in [9.17, 15) is 19.2 Å². The zero-order chi connectivity index (χ0) is 22.4. The van der Waals surface area contributed by atoms with Crippen LogP contribution in [0.25, 0.3) is 0 Å². The lowest BCUT2D eigenvalue weighted by Crippen LogP contribution is -2.30. The highest BCUT2D eigenvalue weighted by molar-refractivity contribution is 6.21. The van der Waals surface area contributed by atoms with Gasteiger partial charge in [0, 0.05) is 18.7 Å². The average molecular weight is 422 g/mol. The topological polar surface area (TPSA) is 92.8 Å². The van der Waals surface area contributed by atoms with Crippen LogP contribution in [0.3, 0.4) is 0 Å². The minimum Gasteiger partial charge on any atom is -0.456 e. The van der Waals surface area contributed by atoms with Gasteiger partial charge in [-0.1, -0.05) is 24.6 Å². The Labute approximate surface area is 181 Å². The van der Waals surface area contributed by atoms with Gasteiger partial charge in [-0.05, 0) is 62.1 Å². The first-order valence-corrected chi connectivity index (χ1v) is 10.3. The Morgan fingerprint density at radius 3 is 2.13 bits per heavy atom. The standard InChI is InChI=1S/C24H26N2O5/c1-16-12-17(2)14-18(13-16)25-21(27)15-31-22(28)10-4-3-7-11-26-23(29)19-8-5-6-9-20(19)24(26)30/h5-6,8-9,12-14H,3-4,7,10-11,15H2,1-2H3,(H,25,27). The van der Waals surface area contributed by atoms with E-state index in [4.69, 9.17) is 4.74 Å². The molecule has 0 atom stereocenters. The highest BCUT2D eigenvalue weighted by atomic mass is 16.5. The number of hydrogen-bond acceptors (Lipinski definition) is 5. The molecule has 162 valence electrons. The minimum absolute atomic E-state index is 0.180. The number of aryl methyl sites for hydroxylation is 2. The molecule has 2 aromatic rings. The molecule has 0 radical (unpaired) electrons. The number of amides is 3. The molecule has 0 spiro atoms. The molecule has 0 unspecified atom stereocenters. The Bertz CT molecular complexity index is 960. The summed E-state index contributed by atoms with van der Waals surface area (Å²) in [6.07, 6.45) is 2.00. The molecule has 0 saturated carbocycles. The number of benzene rings is 2. The molecule has 7 heteroatoms. The Balaban J connectivity index is 1.31. The highest BCUT2D eigenvalue weighted by Crippen LogP contribution is 2.22. The fraction of sp³-hybridized carbons (Fsp3) is 0.333. The first kappa shape index (κ1) is 22.2. The summed E-state index contributed by atoms with van der Waals surface area (Å²) in [6.45, 7) is 3.87. The van der Waals surface area contributed by atoms with E-state index >= 15 is 0 Å². The lowest BCUT2D eigenvalue weighted by atomic mass is 10.1. The summed E-state index contributed by atoms with van der Waals surface area (Å²) in [5, 5.41) is 2.72. The zero-order valence-corrected chi connectivity index (χ0v) is 17.8. The van der Waals surface area contributed by atoms with Crippen molar-refractivity contribution in [1.29, 1.82) is 0 Å². The molecule has 3 amide bonds. The van der Waals surface area contributed by atoms with E-state index < -0.39 is 5.97 Å². The number of rotatable bonds is 9. The minimum atomic E-state index is -0.448. The number of anilines is 1. The third-order valence-electron chi connectivity index (χ3n) is 5.01. The Kier molecular flexibility index (Phi) is 7.18. The second kappa shape index (κ2) is 10.0. The molecule has 0 aliphatic carbocycles. The molecule has 1 N–H and O–H groups in total. The van der Waals surface area contributed by atoms with Gasteiger partial charge in [0.25, 0.3) is 17.7 Å². The van der Waals surface area contributed by atoms with Crippen molar-refractivity contribution in [2.75, 3.05) is 18.5 Å². The number of carbonyl (C=O) groups is 4. The van der Waals surface area contributed by atoms with Crippen LogP contribution in [-0.4, -0.2) is 41.7 Å². The Morgan fingerprint density at radius 2 is 1.52 bits per heavy atom. The number of nitrogens with one attached hydrogen (secondary N) is 1. The van der Waals surface area contributed by atoms with Gasteiger partial charge in [0.1, 0.15) is 0 Å². The molecule has 1 aliphatic rings. The SMILES string of the molecule is Cc1cc(C)cc(NC(=O)COC(=O)CCCCCN2C(=O)c3ccccc3C2=O)c1. The zero-order valence-electron chi connectivity index (χ0n) is 17.8. The number of hydrogen-bond donors (Lipinski definition) is 1. The summed E-state index contributed by atoms with van der Waals surface area (Å²) in [7, 11) is 0. The van der Waals surface area contributed by atoms with Gasteiger partial charge in [-0.25, -0.2) is 0 Å². The van der Waals surface area contributed by atoms with Gasteiger partial charge in [-0.3, -0.25) is 24.1 Å². The fourth-order valence-electron chi connectivity index (χ4n) is 3.62. The molecule has 0 saturated heterocycles. The van der Waals surface area contributed by atoms with Crippen molar-refractivity contribution in [3.8, 4) is 0 Å². The van der Waals surface area contributed by atoms with Crippen molar-refractivity contribution < 1.29 is 23.9 Å². The normalized spacial score (nSPS) is 12.6. The highest BCUT2D eigenvalue weighted by Gasteiger charge is 2.34. The molecular weight excluding hydrogens is 396 g/mol. The summed E-state index contributed by atoms with van der Waals surface area (Å²) < 4.78 is 5.02. The molecule has 31 heavy (non-hydrogen) atoms. The van der Waals surface area contributed by atoms with Gasteiger partial charge in [-0.15, -0.1) is 0 Å². The van der Waals surface area contributed by atoms with E-state index in [1.807, 2.05) is 32.0 Å². The third-order valence-corrected chi connectivity index (χ3v) is 5.01. The van der Waals surface area contributed by atoms with Crippen LogP contribution < -0.4 is 5.32 Å². The second-order valence-corrected chi connectivity index (χ2v) is 7.70. The van der Waals surface area contributed by atoms with Gasteiger partial charge >= 0.3 is 5.97 Å². The molecule has 3 rings (SSSR count). The van der Waals surface area contributed by atoms with E-state index in [2.05, 4.69) is 5.32 Å². The largest absolute Gasteiger partial charge is 0.456 e. The smallest absolute Gasteiger partial charge is 0.306 e. The van der Waals surface area contributed by atoms with Gasteiger partial charge in [0.05, 0.1) is 11.1 Å². The van der Waals surface area contributed by atoms with Crippen molar-refractivity contribution in [2.45, 2.75) is 39.5 Å². The number of esters is 1. The third kappa shape index (κ3) is 5.78. The van der Waals surface area contributed by atoms with Crippen LogP contribution >= 0.6 is 0 Å². The quantitative estimate of drug-likeness (QED) is 0.378. The Morgan fingerprint density at radius 1 is 0.903 bits per heavy atom. The lowest BCUT2D eigenvalue weighted by Gasteiger charge is -2.13. The maximum Gasteiger partial charge on any atom is 0.306 e. The molecule has 0 aromatic heterocycles. The van der Waals surface area contributed by atoms with Crippen LogP contribution in [0.5, 0.6) is 0 Å². The maximum atomic E-state index is 12.3. The summed E-state index contributed by atoms with van der Waals surface area (Å²) in [5.74, 6) is -1.37. The summed E-state index contributed by atoms with van der Waals surface area (Å²) in [5.41, 5.74) is 3.62. The molecule has 0 fully saturated rings. The van der Waals surface area contributed by atoms with E-state index in [0.29, 0.717) is 42.6 Å². The van der Waals surface area contributed by atoms with Crippen LogP contribution in [0, 0.1) is 13.8 Å². The average Bonchev–Trinajstić information content (AvgIpc) is 2.96.